The molecule has 23 heavy (non-hydrogen) atoms. The molecule has 0 N–H and O–H groups in total. The van der Waals surface area contributed by atoms with Crippen LogP contribution in [0, 0.1) is 0 Å². The van der Waals surface area contributed by atoms with Crippen molar-refractivity contribution in [3.05, 3.63) is 29.3 Å². The van der Waals surface area contributed by atoms with Gasteiger partial charge in [0.1, 0.15) is 5.75 Å². The first-order chi connectivity index (χ1) is 11.2. The van der Waals surface area contributed by atoms with Crippen molar-refractivity contribution in [2.45, 2.75) is 78.6 Å². The highest BCUT2D eigenvalue weighted by atomic mass is 28.2. The van der Waals surface area contributed by atoms with Crippen LogP contribution in [-0.2, 0) is 17.3 Å². The van der Waals surface area contributed by atoms with E-state index in [1.165, 1.54) is 62.5 Å². The zero-order valence-electron chi connectivity index (χ0n) is 15.6. The largest absolute Gasteiger partial charge is 0.496 e. The molecule has 0 fully saturated rings. The van der Waals surface area contributed by atoms with Crippen molar-refractivity contribution in [3.8, 4) is 5.75 Å². The summed E-state index contributed by atoms with van der Waals surface area (Å²) < 4.78 is 10.1. The van der Waals surface area contributed by atoms with E-state index < -0.39 is 0 Å². The average Bonchev–Trinajstić information content (AvgIpc) is 2.59. The summed E-state index contributed by atoms with van der Waals surface area (Å²) in [6, 6.07) is 6.45. The molecule has 0 aliphatic carbocycles. The van der Waals surface area contributed by atoms with Crippen LogP contribution < -0.4 is 4.74 Å². The normalized spacial score (nSPS) is 10.1. The van der Waals surface area contributed by atoms with Gasteiger partial charge in [0.05, 0.1) is 7.11 Å². The van der Waals surface area contributed by atoms with E-state index in [1.807, 2.05) is 0 Å². The number of rotatable bonds is 11. The summed E-state index contributed by atoms with van der Waals surface area (Å²) in [5.74, 6) is 1.07. The Labute approximate surface area is 147 Å². The number of ether oxygens (including phenoxy) is 1. The molecule has 0 heterocycles. The molecule has 3 heteroatoms. The third kappa shape index (κ3) is 10.6. The molecule has 2 nitrogen and oxygen atoms in total. The number of hydrogen-bond acceptors (Lipinski definition) is 2. The zero-order chi connectivity index (χ0) is 17.3. The molecule has 131 valence electrons. The number of hydrogen-bond donors (Lipinski definition) is 0. The van der Waals surface area contributed by atoms with Crippen LogP contribution in [0.1, 0.15) is 76.8 Å². The van der Waals surface area contributed by atoms with E-state index in [0.29, 0.717) is 0 Å². The molecular formula is C20H35O2Si. The van der Waals surface area contributed by atoms with Gasteiger partial charge in [0, 0.05) is 6.61 Å². The molecule has 1 rings (SSSR count). The molecule has 0 atom stereocenters. The molecule has 0 bridgehead atoms. The first kappa shape index (κ1) is 22.2. The Morgan fingerprint density at radius 2 is 1.52 bits per heavy atom. The smallest absolute Gasteiger partial charge is 0.246 e. The Hall–Kier alpha value is -0.803. The topological polar surface area (TPSA) is 18.5 Å². The maximum Gasteiger partial charge on any atom is 0.246 e. The molecule has 0 saturated heterocycles. The molecule has 0 spiro atoms. The van der Waals surface area contributed by atoms with E-state index in [1.54, 1.807) is 7.11 Å². The van der Waals surface area contributed by atoms with Crippen LogP contribution >= 0.6 is 0 Å². The fourth-order valence-corrected chi connectivity index (χ4v) is 2.61. The molecule has 0 amide bonds. The van der Waals surface area contributed by atoms with E-state index >= 15 is 0 Å². The second kappa shape index (κ2) is 16.1. The molecule has 0 aliphatic heterocycles. The lowest BCUT2D eigenvalue weighted by Gasteiger charge is -2.13. The van der Waals surface area contributed by atoms with Crippen molar-refractivity contribution in [1.29, 1.82) is 0 Å². The highest BCUT2D eigenvalue weighted by molar-refractivity contribution is 5.97. The Kier molecular flexibility index (Phi) is 15.5. The van der Waals surface area contributed by atoms with Crippen molar-refractivity contribution in [2.75, 3.05) is 13.7 Å². The molecule has 1 aromatic carbocycles. The Balaban J connectivity index is 0.000000585. The molecule has 0 aromatic heterocycles. The number of aryl methyl sites for hydroxylation is 1. The maximum atomic E-state index is 5.46. The monoisotopic (exact) mass is 335 g/mol. The van der Waals surface area contributed by atoms with Crippen LogP contribution in [0.2, 0.25) is 0 Å². The predicted molar refractivity (Wildman–Crippen MR) is 101 cm³/mol. The minimum absolute atomic E-state index is 0.838. The quantitative estimate of drug-likeness (QED) is 0.384. The first-order valence-corrected chi connectivity index (χ1v) is 9.59. The lowest BCUT2D eigenvalue weighted by Crippen LogP contribution is -1.99. The third-order valence-electron chi connectivity index (χ3n) is 3.88. The fraction of sp³-hybridized carbons (Fsp3) is 0.700. The standard InChI is InChI=1S/C15H24O.C5H11OSi/c1-4-6-9-13-10-8-12-15(16-3)14(13)11-7-5-2;1-2-3-4-5-6-7/h8,10,12H,4-7,9,11H2,1-3H3;2-5H2,1H3. The van der Waals surface area contributed by atoms with Gasteiger partial charge in [-0.15, -0.1) is 0 Å². The van der Waals surface area contributed by atoms with Crippen LogP contribution in [0.25, 0.3) is 0 Å². The van der Waals surface area contributed by atoms with Crippen LogP contribution in [0.4, 0.5) is 0 Å². The molecule has 0 unspecified atom stereocenters. The number of unbranched alkanes of at least 4 members (excludes halogenated alkanes) is 4. The number of benzene rings is 1. The summed E-state index contributed by atoms with van der Waals surface area (Å²) in [6.07, 6.45) is 11.0. The van der Waals surface area contributed by atoms with Gasteiger partial charge in [0.15, 0.2) is 0 Å². The highest BCUT2D eigenvalue weighted by Crippen LogP contribution is 2.25. The van der Waals surface area contributed by atoms with Crippen molar-refractivity contribution >= 4 is 10.5 Å². The van der Waals surface area contributed by atoms with Crippen LogP contribution in [0.15, 0.2) is 18.2 Å². The van der Waals surface area contributed by atoms with Crippen LogP contribution in [0.3, 0.4) is 0 Å². The van der Waals surface area contributed by atoms with Gasteiger partial charge >= 0.3 is 0 Å². The molecule has 0 saturated carbocycles. The lowest BCUT2D eigenvalue weighted by atomic mass is 9.97. The number of methoxy groups -OCH3 is 1. The zero-order valence-corrected chi connectivity index (χ0v) is 16.6. The summed E-state index contributed by atoms with van der Waals surface area (Å²) >= 11 is 0. The van der Waals surface area contributed by atoms with Crippen molar-refractivity contribution < 1.29 is 9.16 Å². The van der Waals surface area contributed by atoms with Gasteiger partial charge in [-0.25, -0.2) is 0 Å². The van der Waals surface area contributed by atoms with Gasteiger partial charge in [-0.2, -0.15) is 0 Å². The summed E-state index contributed by atoms with van der Waals surface area (Å²) in [6.45, 7) is 7.49. The Morgan fingerprint density at radius 1 is 0.870 bits per heavy atom. The van der Waals surface area contributed by atoms with Gasteiger partial charge in [-0.1, -0.05) is 58.6 Å². The van der Waals surface area contributed by atoms with Crippen molar-refractivity contribution in [1.82, 2.24) is 0 Å². The average molecular weight is 336 g/mol. The second-order valence-corrected chi connectivity index (χ2v) is 6.15. The predicted octanol–water partition coefficient (Wildman–Crippen LogP) is 5.66. The fourth-order valence-electron chi connectivity index (χ4n) is 2.47. The third-order valence-corrected chi connectivity index (χ3v) is 4.08. The summed E-state index contributed by atoms with van der Waals surface area (Å²) in [5, 5.41) is 0. The van der Waals surface area contributed by atoms with Gasteiger partial charge in [0.25, 0.3) is 0 Å². The minimum Gasteiger partial charge on any atom is -0.496 e. The van der Waals surface area contributed by atoms with Crippen molar-refractivity contribution in [3.63, 3.8) is 0 Å². The van der Waals surface area contributed by atoms with Gasteiger partial charge in [0.2, 0.25) is 10.5 Å². The first-order valence-electron chi connectivity index (χ1n) is 9.18. The van der Waals surface area contributed by atoms with Crippen molar-refractivity contribution in [2.24, 2.45) is 0 Å². The minimum atomic E-state index is 0.838. The van der Waals surface area contributed by atoms with Gasteiger partial charge < -0.3 is 9.16 Å². The lowest BCUT2D eigenvalue weighted by molar-refractivity contribution is 0.335. The molecule has 3 radical (unpaired) electrons. The van der Waals surface area contributed by atoms with Gasteiger partial charge in [-0.3, -0.25) is 0 Å². The van der Waals surface area contributed by atoms with E-state index in [4.69, 9.17) is 4.74 Å². The van der Waals surface area contributed by atoms with Gasteiger partial charge in [-0.05, 0) is 49.3 Å². The Bertz CT molecular complexity index is 376. The van der Waals surface area contributed by atoms with Crippen LogP contribution in [-0.4, -0.2) is 24.2 Å². The Morgan fingerprint density at radius 3 is 2.09 bits per heavy atom. The molecular weight excluding hydrogens is 300 g/mol. The molecule has 0 aliphatic rings. The highest BCUT2D eigenvalue weighted by Gasteiger charge is 2.07. The summed E-state index contributed by atoms with van der Waals surface area (Å²) in [4.78, 5) is 0. The SMILES string of the molecule is CCCCCO[Si].CCCCc1cccc(OC)c1CCCC. The van der Waals surface area contributed by atoms with E-state index in [0.717, 1.165) is 18.8 Å². The summed E-state index contributed by atoms with van der Waals surface area (Å²) in [5.41, 5.74) is 2.91. The van der Waals surface area contributed by atoms with Crippen LogP contribution in [0.5, 0.6) is 5.75 Å². The maximum absolute atomic E-state index is 5.46. The van der Waals surface area contributed by atoms with E-state index in [-0.39, 0.29) is 0 Å². The molecule has 1 aromatic rings. The summed E-state index contributed by atoms with van der Waals surface area (Å²) in [7, 11) is 4.69. The van der Waals surface area contributed by atoms with E-state index in [9.17, 15) is 0 Å². The van der Waals surface area contributed by atoms with E-state index in [2.05, 4.69) is 53.9 Å². The second-order valence-electron chi connectivity index (χ2n) is 5.86.